The summed E-state index contributed by atoms with van der Waals surface area (Å²) in [5.74, 6) is 0.328. The first-order valence-corrected chi connectivity index (χ1v) is 4.27. The molecule has 0 aromatic rings. The maximum absolute atomic E-state index is 10.9. The van der Waals surface area contributed by atoms with Crippen LogP contribution in [0.2, 0.25) is 0 Å². The SMILES string of the molecule is CC(C)(C)CCN1CCC1=O. The van der Waals surface area contributed by atoms with Crippen molar-refractivity contribution in [3.05, 3.63) is 0 Å². The topological polar surface area (TPSA) is 20.3 Å². The number of rotatable bonds is 2. The van der Waals surface area contributed by atoms with Crippen molar-refractivity contribution in [3.8, 4) is 0 Å². The molecule has 0 unspecified atom stereocenters. The Kier molecular flexibility index (Phi) is 2.21. The van der Waals surface area contributed by atoms with Crippen LogP contribution in [0.4, 0.5) is 0 Å². The van der Waals surface area contributed by atoms with Gasteiger partial charge in [0.1, 0.15) is 0 Å². The number of nitrogens with zero attached hydrogens (tertiary/aromatic N) is 1. The summed E-state index contributed by atoms with van der Waals surface area (Å²) in [6.45, 7) is 8.54. The van der Waals surface area contributed by atoms with Crippen molar-refractivity contribution in [3.63, 3.8) is 0 Å². The number of amides is 1. The molecule has 0 N–H and O–H groups in total. The zero-order valence-electron chi connectivity index (χ0n) is 7.68. The normalized spacial score (nSPS) is 18.5. The molecular formula is C9H17NO. The predicted molar refractivity (Wildman–Crippen MR) is 45.3 cm³/mol. The fraction of sp³-hybridized carbons (Fsp3) is 0.889. The summed E-state index contributed by atoms with van der Waals surface area (Å²) >= 11 is 0. The highest BCUT2D eigenvalue weighted by molar-refractivity contribution is 5.81. The van der Waals surface area contributed by atoms with Crippen molar-refractivity contribution in [2.24, 2.45) is 5.41 Å². The summed E-state index contributed by atoms with van der Waals surface area (Å²) in [6, 6.07) is 0. The largest absolute Gasteiger partial charge is 0.342 e. The molecule has 1 aliphatic heterocycles. The summed E-state index contributed by atoms with van der Waals surface area (Å²) in [4.78, 5) is 12.8. The summed E-state index contributed by atoms with van der Waals surface area (Å²) in [6.07, 6.45) is 1.88. The van der Waals surface area contributed by atoms with E-state index in [4.69, 9.17) is 0 Å². The first-order valence-electron chi connectivity index (χ1n) is 4.27. The number of hydrogen-bond acceptors (Lipinski definition) is 1. The van der Waals surface area contributed by atoms with E-state index in [-0.39, 0.29) is 0 Å². The lowest BCUT2D eigenvalue weighted by molar-refractivity contribution is -0.140. The molecule has 1 saturated heterocycles. The van der Waals surface area contributed by atoms with Gasteiger partial charge >= 0.3 is 0 Å². The average molecular weight is 155 g/mol. The molecule has 0 atom stereocenters. The molecule has 0 aliphatic carbocycles. The van der Waals surface area contributed by atoms with Gasteiger partial charge in [0, 0.05) is 19.5 Å². The van der Waals surface area contributed by atoms with Crippen molar-refractivity contribution < 1.29 is 4.79 Å². The summed E-state index contributed by atoms with van der Waals surface area (Å²) in [5, 5.41) is 0. The van der Waals surface area contributed by atoms with Crippen LogP contribution in [0.15, 0.2) is 0 Å². The van der Waals surface area contributed by atoms with Gasteiger partial charge in [0.15, 0.2) is 0 Å². The van der Waals surface area contributed by atoms with Crippen LogP contribution < -0.4 is 0 Å². The second-order valence-electron chi connectivity index (χ2n) is 4.44. The lowest BCUT2D eigenvalue weighted by Crippen LogP contribution is -2.44. The van der Waals surface area contributed by atoms with E-state index < -0.39 is 0 Å². The number of likely N-dealkylation sites (tertiary alicyclic amines) is 1. The van der Waals surface area contributed by atoms with Gasteiger partial charge in [-0.05, 0) is 11.8 Å². The van der Waals surface area contributed by atoms with Crippen LogP contribution >= 0.6 is 0 Å². The third-order valence-corrected chi connectivity index (χ3v) is 2.08. The first-order chi connectivity index (χ1) is 4.99. The number of hydrogen-bond donors (Lipinski definition) is 0. The minimum absolute atomic E-state index is 0.328. The van der Waals surface area contributed by atoms with E-state index in [1.54, 1.807) is 0 Å². The van der Waals surface area contributed by atoms with Crippen LogP contribution in [0.5, 0.6) is 0 Å². The molecule has 0 spiro atoms. The summed E-state index contributed by atoms with van der Waals surface area (Å²) in [5.41, 5.74) is 0.357. The fourth-order valence-corrected chi connectivity index (χ4v) is 1.07. The van der Waals surface area contributed by atoms with E-state index in [0.29, 0.717) is 11.3 Å². The highest BCUT2D eigenvalue weighted by Gasteiger charge is 2.24. The van der Waals surface area contributed by atoms with Crippen LogP contribution in [0.3, 0.4) is 0 Å². The van der Waals surface area contributed by atoms with Crippen LogP contribution in [0, 0.1) is 5.41 Å². The predicted octanol–water partition coefficient (Wildman–Crippen LogP) is 1.65. The third kappa shape index (κ3) is 2.52. The highest BCUT2D eigenvalue weighted by Crippen LogP contribution is 2.20. The van der Waals surface area contributed by atoms with E-state index in [2.05, 4.69) is 20.8 Å². The second kappa shape index (κ2) is 2.84. The van der Waals surface area contributed by atoms with Gasteiger partial charge < -0.3 is 4.90 Å². The Labute approximate surface area is 68.6 Å². The van der Waals surface area contributed by atoms with Crippen LogP contribution in [0.25, 0.3) is 0 Å². The minimum atomic E-state index is 0.328. The van der Waals surface area contributed by atoms with Crippen molar-refractivity contribution in [2.75, 3.05) is 13.1 Å². The molecule has 1 fully saturated rings. The van der Waals surface area contributed by atoms with Gasteiger partial charge in [0.25, 0.3) is 0 Å². The summed E-state index contributed by atoms with van der Waals surface area (Å²) < 4.78 is 0. The zero-order valence-corrected chi connectivity index (χ0v) is 7.68. The minimum Gasteiger partial charge on any atom is -0.342 e. The van der Waals surface area contributed by atoms with Gasteiger partial charge in [-0.3, -0.25) is 4.79 Å². The summed E-state index contributed by atoms with van der Waals surface area (Å²) in [7, 11) is 0. The average Bonchev–Trinajstić information content (AvgIpc) is 1.82. The van der Waals surface area contributed by atoms with E-state index in [1.807, 2.05) is 4.90 Å². The molecule has 0 bridgehead atoms. The molecule has 1 rings (SSSR count). The number of carbonyl (C=O) groups excluding carboxylic acids is 1. The van der Waals surface area contributed by atoms with Gasteiger partial charge in [-0.15, -0.1) is 0 Å². The van der Waals surface area contributed by atoms with Gasteiger partial charge in [0.05, 0.1) is 0 Å². The molecule has 2 nitrogen and oxygen atoms in total. The van der Waals surface area contributed by atoms with E-state index in [1.165, 1.54) is 0 Å². The Morgan fingerprint density at radius 1 is 1.45 bits per heavy atom. The standard InChI is InChI=1S/C9H17NO/c1-9(2,3)5-7-10-6-4-8(10)11/h4-7H2,1-3H3. The Morgan fingerprint density at radius 3 is 2.36 bits per heavy atom. The van der Waals surface area contributed by atoms with Gasteiger partial charge in [0.2, 0.25) is 5.91 Å². The Balaban J connectivity index is 2.17. The molecule has 0 saturated carbocycles. The van der Waals surface area contributed by atoms with Crippen LogP contribution in [-0.4, -0.2) is 23.9 Å². The number of β-lactam (4-membered cyclic amide) rings is 1. The lowest BCUT2D eigenvalue weighted by atomic mass is 9.91. The molecule has 1 amide bonds. The van der Waals surface area contributed by atoms with E-state index >= 15 is 0 Å². The quantitative estimate of drug-likeness (QED) is 0.555. The van der Waals surface area contributed by atoms with Crippen LogP contribution in [0.1, 0.15) is 33.6 Å². The van der Waals surface area contributed by atoms with Crippen molar-refractivity contribution in [2.45, 2.75) is 33.6 Å². The lowest BCUT2D eigenvalue weighted by Gasteiger charge is -2.33. The fourth-order valence-electron chi connectivity index (χ4n) is 1.07. The Morgan fingerprint density at radius 2 is 2.09 bits per heavy atom. The monoisotopic (exact) mass is 155 g/mol. The molecule has 2 heteroatoms. The van der Waals surface area contributed by atoms with Gasteiger partial charge in [-0.2, -0.15) is 0 Å². The van der Waals surface area contributed by atoms with Crippen LogP contribution in [-0.2, 0) is 4.79 Å². The molecule has 11 heavy (non-hydrogen) atoms. The van der Waals surface area contributed by atoms with Crippen molar-refractivity contribution >= 4 is 5.91 Å². The molecule has 0 aromatic carbocycles. The molecule has 0 aromatic heterocycles. The maximum Gasteiger partial charge on any atom is 0.224 e. The third-order valence-electron chi connectivity index (χ3n) is 2.08. The number of carbonyl (C=O) groups is 1. The molecule has 1 heterocycles. The Hall–Kier alpha value is -0.530. The smallest absolute Gasteiger partial charge is 0.224 e. The molecule has 0 radical (unpaired) electrons. The van der Waals surface area contributed by atoms with Gasteiger partial charge in [-0.1, -0.05) is 20.8 Å². The van der Waals surface area contributed by atoms with Crippen molar-refractivity contribution in [1.82, 2.24) is 4.90 Å². The van der Waals surface area contributed by atoms with E-state index in [9.17, 15) is 4.79 Å². The highest BCUT2D eigenvalue weighted by atomic mass is 16.2. The molecule has 64 valence electrons. The second-order valence-corrected chi connectivity index (χ2v) is 4.44. The Bertz CT molecular complexity index is 157. The van der Waals surface area contributed by atoms with Crippen molar-refractivity contribution in [1.29, 1.82) is 0 Å². The van der Waals surface area contributed by atoms with E-state index in [0.717, 1.165) is 25.9 Å². The van der Waals surface area contributed by atoms with Gasteiger partial charge in [-0.25, -0.2) is 0 Å². The maximum atomic E-state index is 10.9. The first kappa shape index (κ1) is 8.57. The molecular weight excluding hydrogens is 138 g/mol. The molecule has 1 aliphatic rings. The zero-order chi connectivity index (χ0) is 8.48.